The van der Waals surface area contributed by atoms with Crippen LogP contribution < -0.4 is 9.88 Å². The molecule has 0 bridgehead atoms. The molecule has 4 aromatic rings. The SMILES string of the molecule is Cc1cccc(C)c1-c1cc(OC2CN(Cc3cccc(S(N)(=O)=O)c3)Cc3ccccc32)nc(Cl)n1. The number of nitrogens with zero attached hydrogens (tertiary/aromatic N) is 3. The van der Waals surface area contributed by atoms with E-state index in [4.69, 9.17) is 21.5 Å². The number of aromatic nitrogens is 2. The van der Waals surface area contributed by atoms with E-state index in [2.05, 4.69) is 27.0 Å². The Balaban J connectivity index is 1.44. The third-order valence-electron chi connectivity index (χ3n) is 6.53. The minimum Gasteiger partial charge on any atom is -0.468 e. The van der Waals surface area contributed by atoms with Crippen LogP contribution in [0.2, 0.25) is 5.28 Å². The second-order valence-corrected chi connectivity index (χ2v) is 11.2. The maximum absolute atomic E-state index is 11.8. The van der Waals surface area contributed by atoms with Gasteiger partial charge in [-0.25, -0.2) is 18.5 Å². The molecule has 1 aliphatic rings. The quantitative estimate of drug-likeness (QED) is 0.341. The molecule has 0 amide bonds. The summed E-state index contributed by atoms with van der Waals surface area (Å²) in [6.45, 7) is 5.90. The molecule has 37 heavy (non-hydrogen) atoms. The molecule has 1 aromatic heterocycles. The molecule has 5 rings (SSSR count). The van der Waals surface area contributed by atoms with E-state index in [9.17, 15) is 8.42 Å². The lowest BCUT2D eigenvalue weighted by Crippen LogP contribution is -2.35. The number of fused-ring (bicyclic) bond motifs is 1. The van der Waals surface area contributed by atoms with Gasteiger partial charge in [-0.1, -0.05) is 54.6 Å². The Hall–Kier alpha value is -3.30. The number of primary sulfonamides is 1. The molecular formula is C28H27ClN4O3S. The van der Waals surface area contributed by atoms with Gasteiger partial charge in [-0.15, -0.1) is 0 Å². The largest absolute Gasteiger partial charge is 0.468 e. The van der Waals surface area contributed by atoms with Crippen molar-refractivity contribution >= 4 is 21.6 Å². The molecule has 190 valence electrons. The number of aryl methyl sites for hydroxylation is 2. The molecule has 0 aliphatic carbocycles. The minimum atomic E-state index is -3.77. The van der Waals surface area contributed by atoms with Gasteiger partial charge in [0.15, 0.2) is 0 Å². The van der Waals surface area contributed by atoms with Gasteiger partial charge < -0.3 is 4.74 Å². The predicted octanol–water partition coefficient (Wildman–Crippen LogP) is 5.20. The summed E-state index contributed by atoms with van der Waals surface area (Å²) in [6.07, 6.45) is -0.303. The predicted molar refractivity (Wildman–Crippen MR) is 144 cm³/mol. The molecule has 1 aliphatic heterocycles. The lowest BCUT2D eigenvalue weighted by molar-refractivity contribution is 0.103. The van der Waals surface area contributed by atoms with Crippen molar-refractivity contribution in [1.29, 1.82) is 0 Å². The summed E-state index contributed by atoms with van der Waals surface area (Å²) < 4.78 is 30.1. The van der Waals surface area contributed by atoms with Crippen LogP contribution in [0.4, 0.5) is 0 Å². The first kappa shape index (κ1) is 25.4. The third kappa shape index (κ3) is 5.67. The summed E-state index contributed by atoms with van der Waals surface area (Å²) >= 11 is 6.34. The molecule has 0 saturated carbocycles. The van der Waals surface area contributed by atoms with Gasteiger partial charge in [0, 0.05) is 31.3 Å². The Labute approximate surface area is 222 Å². The van der Waals surface area contributed by atoms with E-state index in [0.29, 0.717) is 31.2 Å². The second kappa shape index (κ2) is 10.2. The van der Waals surface area contributed by atoms with Crippen molar-refractivity contribution in [3.05, 3.63) is 106 Å². The van der Waals surface area contributed by atoms with Crippen LogP contribution in [0.25, 0.3) is 11.3 Å². The molecule has 0 fully saturated rings. The molecule has 0 saturated heterocycles. The highest BCUT2D eigenvalue weighted by Gasteiger charge is 2.27. The van der Waals surface area contributed by atoms with Crippen LogP contribution in [0.3, 0.4) is 0 Å². The van der Waals surface area contributed by atoms with E-state index in [1.165, 1.54) is 6.07 Å². The molecule has 0 spiro atoms. The number of rotatable bonds is 6. The first-order valence-corrected chi connectivity index (χ1v) is 13.8. The maximum Gasteiger partial charge on any atom is 0.238 e. The Bertz CT molecular complexity index is 1560. The molecule has 3 aromatic carbocycles. The van der Waals surface area contributed by atoms with Crippen molar-refractivity contribution in [3.8, 4) is 17.1 Å². The lowest BCUT2D eigenvalue weighted by atomic mass is 9.96. The van der Waals surface area contributed by atoms with Crippen LogP contribution in [0.1, 0.15) is 33.9 Å². The van der Waals surface area contributed by atoms with E-state index < -0.39 is 10.0 Å². The van der Waals surface area contributed by atoms with Gasteiger partial charge in [-0.05, 0) is 65.4 Å². The molecule has 7 nitrogen and oxygen atoms in total. The van der Waals surface area contributed by atoms with Crippen LogP contribution in [0.5, 0.6) is 5.88 Å². The highest BCUT2D eigenvalue weighted by molar-refractivity contribution is 7.89. The van der Waals surface area contributed by atoms with E-state index in [1.54, 1.807) is 12.1 Å². The smallest absolute Gasteiger partial charge is 0.238 e. The molecule has 1 unspecified atom stereocenters. The number of ether oxygens (including phenoxy) is 1. The highest BCUT2D eigenvalue weighted by Crippen LogP contribution is 2.34. The molecule has 1 atom stereocenters. The molecule has 2 heterocycles. The fourth-order valence-electron chi connectivity index (χ4n) is 4.88. The zero-order valence-corrected chi connectivity index (χ0v) is 22.1. The van der Waals surface area contributed by atoms with Crippen LogP contribution in [0.15, 0.2) is 77.7 Å². The van der Waals surface area contributed by atoms with Crippen LogP contribution >= 0.6 is 11.6 Å². The molecular weight excluding hydrogens is 508 g/mol. The van der Waals surface area contributed by atoms with Crippen molar-refractivity contribution in [2.45, 2.75) is 37.9 Å². The highest BCUT2D eigenvalue weighted by atomic mass is 35.5. The average Bonchev–Trinajstić information content (AvgIpc) is 2.83. The Morgan fingerprint density at radius 3 is 2.49 bits per heavy atom. The van der Waals surface area contributed by atoms with Gasteiger partial charge in [-0.3, -0.25) is 4.90 Å². The van der Waals surface area contributed by atoms with Crippen molar-refractivity contribution in [1.82, 2.24) is 14.9 Å². The number of sulfonamides is 1. The van der Waals surface area contributed by atoms with Gasteiger partial charge in [0.05, 0.1) is 10.6 Å². The van der Waals surface area contributed by atoms with Gasteiger partial charge in [0.1, 0.15) is 6.10 Å². The number of halogens is 1. The lowest BCUT2D eigenvalue weighted by Gasteiger charge is -2.34. The summed E-state index contributed by atoms with van der Waals surface area (Å²) in [6, 6.07) is 22.8. The van der Waals surface area contributed by atoms with Crippen molar-refractivity contribution in [3.63, 3.8) is 0 Å². The topological polar surface area (TPSA) is 98.4 Å². The third-order valence-corrected chi connectivity index (χ3v) is 7.61. The number of nitrogens with two attached hydrogens (primary N) is 1. The van der Waals surface area contributed by atoms with Gasteiger partial charge >= 0.3 is 0 Å². The van der Waals surface area contributed by atoms with Crippen LogP contribution in [-0.2, 0) is 23.1 Å². The molecule has 2 N–H and O–H groups in total. The Morgan fingerprint density at radius 2 is 1.73 bits per heavy atom. The van der Waals surface area contributed by atoms with Gasteiger partial charge in [0.25, 0.3) is 0 Å². The number of hydrogen-bond donors (Lipinski definition) is 1. The first-order valence-electron chi connectivity index (χ1n) is 11.9. The normalized spacial score (nSPS) is 15.8. The van der Waals surface area contributed by atoms with Crippen LogP contribution in [-0.4, -0.2) is 29.8 Å². The van der Waals surface area contributed by atoms with Crippen molar-refractivity contribution < 1.29 is 13.2 Å². The summed E-state index contributed by atoms with van der Waals surface area (Å²) in [5, 5.41) is 5.45. The molecule has 0 radical (unpaired) electrons. The first-order chi connectivity index (χ1) is 17.7. The van der Waals surface area contributed by atoms with E-state index in [0.717, 1.165) is 33.4 Å². The van der Waals surface area contributed by atoms with Gasteiger partial charge in [0.2, 0.25) is 21.2 Å². The van der Waals surface area contributed by atoms with Crippen molar-refractivity contribution in [2.24, 2.45) is 5.14 Å². The van der Waals surface area contributed by atoms with Crippen LogP contribution in [0, 0.1) is 13.8 Å². The van der Waals surface area contributed by atoms with E-state index in [1.807, 2.05) is 56.3 Å². The van der Waals surface area contributed by atoms with Gasteiger partial charge in [-0.2, -0.15) is 4.98 Å². The number of benzene rings is 3. The summed E-state index contributed by atoms with van der Waals surface area (Å²) in [7, 11) is -3.77. The average molecular weight is 535 g/mol. The monoisotopic (exact) mass is 534 g/mol. The fraction of sp³-hybridized carbons (Fsp3) is 0.214. The van der Waals surface area contributed by atoms with Crippen molar-refractivity contribution in [2.75, 3.05) is 6.54 Å². The van der Waals surface area contributed by atoms with E-state index >= 15 is 0 Å². The zero-order valence-electron chi connectivity index (χ0n) is 20.6. The maximum atomic E-state index is 11.8. The second-order valence-electron chi connectivity index (χ2n) is 9.29. The molecule has 9 heteroatoms. The Kier molecular flexibility index (Phi) is 7.00. The van der Waals surface area contributed by atoms with E-state index in [-0.39, 0.29) is 16.3 Å². The Morgan fingerprint density at radius 1 is 1.00 bits per heavy atom. The standard InChI is InChI=1S/C28H27ClN4O3S/c1-18-7-5-8-19(2)27(18)24-14-26(32-28(29)31-24)36-25-17-33(16-21-10-3-4-12-23(21)25)15-20-9-6-11-22(13-20)37(30,34)35/h3-14,25H,15-17H2,1-2H3,(H2,30,34,35). The fourth-order valence-corrected chi connectivity index (χ4v) is 5.64. The minimum absolute atomic E-state index is 0.102. The summed E-state index contributed by atoms with van der Waals surface area (Å²) in [5.41, 5.74) is 6.99. The zero-order chi connectivity index (χ0) is 26.2. The summed E-state index contributed by atoms with van der Waals surface area (Å²) in [4.78, 5) is 11.1. The summed E-state index contributed by atoms with van der Waals surface area (Å²) in [5.74, 6) is 0.399. The number of hydrogen-bond acceptors (Lipinski definition) is 6.